The maximum Gasteiger partial charge on any atom is 0.370 e. The first-order chi connectivity index (χ1) is 14.6. The third kappa shape index (κ3) is 5.63. The minimum Gasteiger partial charge on any atom is -0.475 e. The normalized spacial score (nSPS) is 22.5. The van der Waals surface area contributed by atoms with Gasteiger partial charge < -0.3 is 38.6 Å². The Hall–Kier alpha value is -2.33. The Labute approximate surface area is 175 Å². The van der Waals surface area contributed by atoms with Crippen molar-refractivity contribution in [2.45, 2.75) is 25.6 Å². The zero-order valence-corrected chi connectivity index (χ0v) is 17.0. The molecule has 0 fully saturated rings. The Kier molecular flexibility index (Phi) is 8.32. The molecule has 0 aromatic heterocycles. The van der Waals surface area contributed by atoms with Crippen LogP contribution in [0.4, 0.5) is 0 Å². The van der Waals surface area contributed by atoms with Gasteiger partial charge in [0.2, 0.25) is 18.8 Å². The van der Waals surface area contributed by atoms with E-state index in [9.17, 15) is 9.90 Å². The van der Waals surface area contributed by atoms with Crippen molar-refractivity contribution in [3.8, 4) is 11.5 Å². The lowest BCUT2D eigenvalue weighted by Crippen LogP contribution is -2.37. The van der Waals surface area contributed by atoms with Crippen LogP contribution in [0.5, 0.6) is 11.5 Å². The van der Waals surface area contributed by atoms with Crippen molar-refractivity contribution in [3.05, 3.63) is 35.6 Å². The first-order valence-electron chi connectivity index (χ1n) is 10.0. The van der Waals surface area contributed by atoms with Gasteiger partial charge in [0.15, 0.2) is 11.5 Å². The summed E-state index contributed by atoms with van der Waals surface area (Å²) in [5.41, 5.74) is 0.891. The van der Waals surface area contributed by atoms with Crippen LogP contribution in [0.3, 0.4) is 0 Å². The number of aliphatic hydroxyl groups excluding tert-OH is 1. The number of carboxylic acids is 1. The first-order valence-corrected chi connectivity index (χ1v) is 10.0. The molecule has 3 rings (SSSR count). The number of carbonyl (C=O) groups is 1. The zero-order chi connectivity index (χ0) is 21.3. The van der Waals surface area contributed by atoms with Gasteiger partial charge in [-0.2, -0.15) is 0 Å². The molecule has 30 heavy (non-hydrogen) atoms. The van der Waals surface area contributed by atoms with Crippen molar-refractivity contribution in [2.75, 3.05) is 46.4 Å². The van der Waals surface area contributed by atoms with Gasteiger partial charge in [-0.25, -0.2) is 4.79 Å². The SMILES string of the molecule is CCO[C@@H]1OC(C(=O)O)=C[C@H](c2ccc3c(c2)OCO3)[C@H]1CCOCCOCCO. The smallest absolute Gasteiger partial charge is 0.370 e. The molecule has 2 aliphatic rings. The number of benzene rings is 1. The van der Waals surface area contributed by atoms with Crippen molar-refractivity contribution in [1.82, 2.24) is 0 Å². The zero-order valence-electron chi connectivity index (χ0n) is 17.0. The average molecular weight is 424 g/mol. The van der Waals surface area contributed by atoms with Crippen molar-refractivity contribution in [2.24, 2.45) is 5.92 Å². The summed E-state index contributed by atoms with van der Waals surface area (Å²) in [7, 11) is 0. The van der Waals surface area contributed by atoms with Crippen LogP contribution in [-0.4, -0.2) is 68.9 Å². The van der Waals surface area contributed by atoms with Gasteiger partial charge in [0.1, 0.15) is 0 Å². The van der Waals surface area contributed by atoms with Gasteiger partial charge in [-0.05, 0) is 37.1 Å². The maximum atomic E-state index is 11.6. The molecule has 3 atom stereocenters. The summed E-state index contributed by atoms with van der Waals surface area (Å²) in [4.78, 5) is 11.6. The van der Waals surface area contributed by atoms with Crippen molar-refractivity contribution < 1.29 is 43.4 Å². The van der Waals surface area contributed by atoms with Gasteiger partial charge in [0, 0.05) is 25.0 Å². The Morgan fingerprint density at radius 1 is 1.13 bits per heavy atom. The van der Waals surface area contributed by atoms with Crippen LogP contribution in [0.2, 0.25) is 0 Å². The van der Waals surface area contributed by atoms with E-state index in [1.54, 1.807) is 6.08 Å². The number of rotatable bonds is 12. The van der Waals surface area contributed by atoms with E-state index in [1.165, 1.54) is 0 Å². The van der Waals surface area contributed by atoms with Crippen LogP contribution >= 0.6 is 0 Å². The second kappa shape index (κ2) is 11.2. The van der Waals surface area contributed by atoms with Crippen molar-refractivity contribution in [1.29, 1.82) is 0 Å². The number of hydrogen-bond donors (Lipinski definition) is 2. The topological polar surface area (TPSA) is 113 Å². The van der Waals surface area contributed by atoms with Gasteiger partial charge >= 0.3 is 5.97 Å². The van der Waals surface area contributed by atoms with E-state index >= 15 is 0 Å². The second-order valence-corrected chi connectivity index (χ2v) is 6.82. The molecule has 9 heteroatoms. The third-order valence-corrected chi connectivity index (χ3v) is 4.91. The van der Waals surface area contributed by atoms with Crippen LogP contribution in [0, 0.1) is 5.92 Å². The summed E-state index contributed by atoms with van der Waals surface area (Å²) >= 11 is 0. The van der Waals surface area contributed by atoms with E-state index in [-0.39, 0.29) is 37.6 Å². The molecule has 0 unspecified atom stereocenters. The van der Waals surface area contributed by atoms with E-state index in [0.29, 0.717) is 44.3 Å². The summed E-state index contributed by atoms with van der Waals surface area (Å²) < 4.78 is 33.1. The molecule has 0 bridgehead atoms. The molecule has 0 radical (unpaired) electrons. The van der Waals surface area contributed by atoms with E-state index < -0.39 is 12.3 Å². The predicted molar refractivity (Wildman–Crippen MR) is 104 cm³/mol. The van der Waals surface area contributed by atoms with Crippen LogP contribution in [-0.2, 0) is 23.7 Å². The van der Waals surface area contributed by atoms with Crippen LogP contribution < -0.4 is 9.47 Å². The molecule has 0 saturated carbocycles. The molecular weight excluding hydrogens is 396 g/mol. The number of carboxylic acid groups (broad SMARTS) is 1. The highest BCUT2D eigenvalue weighted by Gasteiger charge is 2.38. The standard InChI is InChI=1S/C21H28O9/c1-2-27-21-15(5-7-25-9-10-26-8-6-22)16(12-19(30-21)20(23)24)14-3-4-17-18(11-14)29-13-28-17/h3-4,11-12,15-16,21-22H,2,5-10,13H2,1H3,(H,23,24)/t15-,16-,21-/m1/s1. The second-order valence-electron chi connectivity index (χ2n) is 6.82. The van der Waals surface area contributed by atoms with E-state index in [2.05, 4.69) is 0 Å². The van der Waals surface area contributed by atoms with Gasteiger partial charge in [0.05, 0.1) is 26.4 Å². The van der Waals surface area contributed by atoms with E-state index in [4.69, 9.17) is 33.5 Å². The van der Waals surface area contributed by atoms with E-state index in [1.807, 2.05) is 25.1 Å². The molecule has 1 aromatic rings. The van der Waals surface area contributed by atoms with E-state index in [0.717, 1.165) is 5.56 Å². The predicted octanol–water partition coefficient (Wildman–Crippen LogP) is 1.89. The van der Waals surface area contributed by atoms with Crippen molar-refractivity contribution in [3.63, 3.8) is 0 Å². The number of aliphatic carboxylic acids is 1. The fourth-order valence-corrected chi connectivity index (χ4v) is 3.54. The summed E-state index contributed by atoms with van der Waals surface area (Å²) in [5, 5.41) is 18.2. The highest BCUT2D eigenvalue weighted by Crippen LogP contribution is 2.42. The van der Waals surface area contributed by atoms with Gasteiger partial charge in [0.25, 0.3) is 0 Å². The number of hydrogen-bond acceptors (Lipinski definition) is 8. The van der Waals surface area contributed by atoms with Crippen LogP contribution in [0.15, 0.2) is 30.0 Å². The molecule has 1 aromatic carbocycles. The summed E-state index contributed by atoms with van der Waals surface area (Å²) in [6.07, 6.45) is 1.49. The first kappa shape index (κ1) is 22.4. The molecule has 2 heterocycles. The monoisotopic (exact) mass is 424 g/mol. The molecule has 0 saturated heterocycles. The molecule has 2 N–H and O–H groups in total. The quantitative estimate of drug-likeness (QED) is 0.486. The highest BCUT2D eigenvalue weighted by molar-refractivity contribution is 5.84. The summed E-state index contributed by atoms with van der Waals surface area (Å²) in [6.45, 7) is 3.87. The number of aliphatic hydroxyl groups is 1. The number of allylic oxidation sites excluding steroid dienone is 1. The molecular formula is C21H28O9. The lowest BCUT2D eigenvalue weighted by Gasteiger charge is -2.36. The minimum atomic E-state index is -1.14. The lowest BCUT2D eigenvalue weighted by molar-refractivity contribution is -0.174. The molecule has 2 aliphatic heterocycles. The number of ether oxygens (including phenoxy) is 6. The molecule has 0 amide bonds. The average Bonchev–Trinajstić information content (AvgIpc) is 3.21. The number of fused-ring (bicyclic) bond motifs is 1. The maximum absolute atomic E-state index is 11.6. The van der Waals surface area contributed by atoms with Crippen LogP contribution in [0.1, 0.15) is 24.8 Å². The third-order valence-electron chi connectivity index (χ3n) is 4.91. The minimum absolute atomic E-state index is 0.0229. The summed E-state index contributed by atoms with van der Waals surface area (Å²) in [5.74, 6) is -0.394. The summed E-state index contributed by atoms with van der Waals surface area (Å²) in [6, 6.07) is 5.59. The van der Waals surface area contributed by atoms with Crippen LogP contribution in [0.25, 0.3) is 0 Å². The molecule has 166 valence electrons. The highest BCUT2D eigenvalue weighted by atomic mass is 16.7. The van der Waals surface area contributed by atoms with Gasteiger partial charge in [-0.1, -0.05) is 6.07 Å². The Morgan fingerprint density at radius 3 is 2.63 bits per heavy atom. The Morgan fingerprint density at radius 2 is 1.90 bits per heavy atom. The fourth-order valence-electron chi connectivity index (χ4n) is 3.54. The Balaban J connectivity index is 1.75. The van der Waals surface area contributed by atoms with Crippen molar-refractivity contribution >= 4 is 5.97 Å². The lowest BCUT2D eigenvalue weighted by atomic mass is 9.81. The molecule has 0 aliphatic carbocycles. The molecule has 0 spiro atoms. The molecule has 9 nitrogen and oxygen atoms in total. The Bertz CT molecular complexity index is 733. The fraction of sp³-hybridized carbons (Fsp3) is 0.571. The van der Waals surface area contributed by atoms with Gasteiger partial charge in [-0.15, -0.1) is 0 Å². The largest absolute Gasteiger partial charge is 0.475 e. The van der Waals surface area contributed by atoms with Gasteiger partial charge in [-0.3, -0.25) is 0 Å².